The first-order valence-corrected chi connectivity index (χ1v) is 7.35. The largest absolute Gasteiger partial charge is 0.456 e. The Morgan fingerprint density at radius 2 is 1.85 bits per heavy atom. The molecule has 0 bridgehead atoms. The maximum absolute atomic E-state index is 12.1. The average Bonchev–Trinajstić information content (AvgIpc) is 2.46. The molecule has 1 fully saturated rings. The molecule has 1 saturated carbocycles. The highest BCUT2D eigenvalue weighted by molar-refractivity contribution is 7.94. The summed E-state index contributed by atoms with van der Waals surface area (Å²) in [6.07, 6.45) is 5.28. The molecular weight excluding hydrogens is 280 g/mol. The molecule has 0 saturated heterocycles. The van der Waals surface area contributed by atoms with E-state index in [4.69, 9.17) is 9.99 Å². The normalized spacial score (nSPS) is 17.7. The van der Waals surface area contributed by atoms with Crippen molar-refractivity contribution in [3.8, 4) is 0 Å². The van der Waals surface area contributed by atoms with Crippen molar-refractivity contribution in [2.45, 2.75) is 49.5 Å². The van der Waals surface area contributed by atoms with Crippen LogP contribution in [0, 0.1) is 0 Å². The van der Waals surface area contributed by atoms with Gasteiger partial charge in [-0.25, -0.2) is 10.1 Å². The Morgan fingerprint density at radius 1 is 1.20 bits per heavy atom. The lowest BCUT2D eigenvalue weighted by molar-refractivity contribution is -0.432. The Kier molecular flexibility index (Phi) is 5.42. The summed E-state index contributed by atoms with van der Waals surface area (Å²) in [5, 5.41) is 11.6. The second-order valence-corrected chi connectivity index (χ2v) is 5.92. The molecule has 6 heteroatoms. The van der Waals surface area contributed by atoms with Gasteiger partial charge in [0, 0.05) is 4.90 Å². The molecule has 1 aliphatic carbocycles. The Labute approximate surface area is 122 Å². The highest BCUT2D eigenvalue weighted by Gasteiger charge is 2.31. The molecule has 0 spiro atoms. The van der Waals surface area contributed by atoms with Crippen LogP contribution in [0.3, 0.4) is 0 Å². The van der Waals surface area contributed by atoms with Gasteiger partial charge in [-0.15, -0.1) is 4.33 Å². The van der Waals surface area contributed by atoms with E-state index in [2.05, 4.69) is 9.37 Å². The van der Waals surface area contributed by atoms with E-state index >= 15 is 0 Å². The molecular formula is C14H18O5S. The predicted molar refractivity (Wildman–Crippen MR) is 74.0 cm³/mol. The van der Waals surface area contributed by atoms with Gasteiger partial charge in [-0.05, 0) is 56.9 Å². The predicted octanol–water partition coefficient (Wildman–Crippen LogP) is 3.99. The number of rotatable bonds is 5. The van der Waals surface area contributed by atoms with Gasteiger partial charge in [0.2, 0.25) is 0 Å². The van der Waals surface area contributed by atoms with Crippen LogP contribution in [0.15, 0.2) is 29.2 Å². The number of esters is 1. The van der Waals surface area contributed by atoms with Gasteiger partial charge in [-0.1, -0.05) is 11.5 Å². The van der Waals surface area contributed by atoms with Gasteiger partial charge < -0.3 is 4.74 Å². The molecule has 0 aliphatic heterocycles. The van der Waals surface area contributed by atoms with E-state index in [1.54, 1.807) is 24.3 Å². The summed E-state index contributed by atoms with van der Waals surface area (Å²) < 4.78 is 9.96. The van der Waals surface area contributed by atoms with E-state index in [0.29, 0.717) is 10.5 Å². The van der Waals surface area contributed by atoms with Gasteiger partial charge in [-0.3, -0.25) is 0 Å². The molecule has 0 aromatic heterocycles. The third kappa shape index (κ3) is 4.21. The second-order valence-electron chi connectivity index (χ2n) is 5.15. The monoisotopic (exact) mass is 298 g/mol. The van der Waals surface area contributed by atoms with Gasteiger partial charge in [0.15, 0.2) is 0 Å². The zero-order chi connectivity index (χ0) is 14.4. The second kappa shape index (κ2) is 7.08. The zero-order valence-corrected chi connectivity index (χ0v) is 12.1. The van der Waals surface area contributed by atoms with E-state index in [-0.39, 0.29) is 11.6 Å². The van der Waals surface area contributed by atoms with Crippen molar-refractivity contribution in [3.63, 3.8) is 0 Å². The minimum absolute atomic E-state index is 0.301. The molecule has 0 unspecified atom stereocenters. The van der Waals surface area contributed by atoms with Crippen LogP contribution in [-0.4, -0.2) is 16.8 Å². The maximum atomic E-state index is 12.1. The van der Waals surface area contributed by atoms with E-state index in [9.17, 15) is 4.79 Å². The molecule has 5 nitrogen and oxygen atoms in total. The van der Waals surface area contributed by atoms with Crippen molar-refractivity contribution >= 4 is 18.0 Å². The third-order valence-electron chi connectivity index (χ3n) is 3.50. The van der Waals surface area contributed by atoms with E-state index in [0.717, 1.165) is 37.7 Å². The molecule has 0 heterocycles. The average molecular weight is 298 g/mol. The summed E-state index contributed by atoms with van der Waals surface area (Å²) in [6.45, 7) is 2.00. The lowest BCUT2D eigenvalue weighted by Crippen LogP contribution is -2.33. The fraction of sp³-hybridized carbons (Fsp3) is 0.500. The summed E-state index contributed by atoms with van der Waals surface area (Å²) in [7, 11) is 0. The molecule has 2 rings (SSSR count). The van der Waals surface area contributed by atoms with Crippen LogP contribution in [0.25, 0.3) is 0 Å². The number of hydrogen-bond acceptors (Lipinski definition) is 6. The molecule has 1 N–H and O–H groups in total. The van der Waals surface area contributed by atoms with Crippen molar-refractivity contribution in [2.75, 3.05) is 0 Å². The molecule has 1 aliphatic rings. The summed E-state index contributed by atoms with van der Waals surface area (Å²) in [6, 6.07) is 6.72. The Balaban J connectivity index is 1.94. The SMILES string of the molecule is CC1(OC(=O)c2ccc(SOOO)cc2)CCCCC1. The van der Waals surface area contributed by atoms with Gasteiger partial charge in [0.25, 0.3) is 0 Å². The van der Waals surface area contributed by atoms with Crippen molar-refractivity contribution in [1.82, 2.24) is 0 Å². The Bertz CT molecular complexity index is 439. The van der Waals surface area contributed by atoms with Crippen molar-refractivity contribution in [1.29, 1.82) is 0 Å². The maximum Gasteiger partial charge on any atom is 0.338 e. The van der Waals surface area contributed by atoms with E-state index in [1.165, 1.54) is 6.42 Å². The molecule has 20 heavy (non-hydrogen) atoms. The van der Waals surface area contributed by atoms with Crippen LogP contribution in [-0.2, 0) is 14.1 Å². The van der Waals surface area contributed by atoms with Crippen LogP contribution in [0.5, 0.6) is 0 Å². The first-order valence-electron chi connectivity index (χ1n) is 6.61. The van der Waals surface area contributed by atoms with Crippen LogP contribution < -0.4 is 0 Å². The van der Waals surface area contributed by atoms with Crippen molar-refractivity contribution in [2.24, 2.45) is 0 Å². The summed E-state index contributed by atoms with van der Waals surface area (Å²) in [4.78, 5) is 12.8. The van der Waals surface area contributed by atoms with Gasteiger partial charge in [0.05, 0.1) is 17.6 Å². The quantitative estimate of drug-likeness (QED) is 0.384. The van der Waals surface area contributed by atoms with Crippen LogP contribution >= 0.6 is 12.0 Å². The Morgan fingerprint density at radius 3 is 2.45 bits per heavy atom. The molecule has 0 radical (unpaired) electrons. The minimum atomic E-state index is -0.337. The number of hydrogen-bond donors (Lipinski definition) is 1. The summed E-state index contributed by atoms with van der Waals surface area (Å²) in [5.41, 5.74) is 0.169. The Hall–Kier alpha value is -1.08. The molecule has 0 amide bonds. The third-order valence-corrected chi connectivity index (χ3v) is 4.09. The van der Waals surface area contributed by atoms with Crippen molar-refractivity contribution < 1.29 is 24.2 Å². The first-order chi connectivity index (χ1) is 9.63. The minimum Gasteiger partial charge on any atom is -0.456 e. The molecule has 1 aromatic carbocycles. The lowest BCUT2D eigenvalue weighted by atomic mass is 9.86. The van der Waals surface area contributed by atoms with Crippen LogP contribution in [0.4, 0.5) is 0 Å². The lowest BCUT2D eigenvalue weighted by Gasteiger charge is -2.33. The van der Waals surface area contributed by atoms with Crippen LogP contribution in [0.1, 0.15) is 49.4 Å². The van der Waals surface area contributed by atoms with Crippen LogP contribution in [0.2, 0.25) is 0 Å². The van der Waals surface area contributed by atoms with E-state index < -0.39 is 0 Å². The number of ether oxygens (including phenoxy) is 1. The van der Waals surface area contributed by atoms with Gasteiger partial charge >= 0.3 is 5.97 Å². The van der Waals surface area contributed by atoms with E-state index in [1.807, 2.05) is 6.92 Å². The highest BCUT2D eigenvalue weighted by atomic mass is 32.2. The molecule has 110 valence electrons. The van der Waals surface area contributed by atoms with Gasteiger partial charge in [0.1, 0.15) is 5.60 Å². The standard InChI is InChI=1S/C14H18O5S/c1-14(9-3-2-4-10-14)17-13(15)11-5-7-12(8-6-11)20-19-18-16/h5-8,16H,2-4,9-10H2,1H3. The molecule has 1 aromatic rings. The summed E-state index contributed by atoms with van der Waals surface area (Å²) in [5.74, 6) is -0.301. The summed E-state index contributed by atoms with van der Waals surface area (Å²) >= 11 is 0.851. The number of carbonyl (C=O) groups excluding carboxylic acids is 1. The van der Waals surface area contributed by atoms with Crippen molar-refractivity contribution in [3.05, 3.63) is 29.8 Å². The zero-order valence-electron chi connectivity index (χ0n) is 11.3. The van der Waals surface area contributed by atoms with Gasteiger partial charge in [-0.2, -0.15) is 0 Å². The first kappa shape index (κ1) is 15.3. The number of carbonyl (C=O) groups is 1. The smallest absolute Gasteiger partial charge is 0.338 e. The molecule has 0 atom stereocenters. The fourth-order valence-electron chi connectivity index (χ4n) is 2.39. The highest BCUT2D eigenvalue weighted by Crippen LogP contribution is 2.32. The number of benzene rings is 1. The topological polar surface area (TPSA) is 65.0 Å². The fourth-order valence-corrected chi connectivity index (χ4v) is 2.74.